The van der Waals surface area contributed by atoms with Crippen LogP contribution in [0, 0.1) is 0 Å². The highest BCUT2D eigenvalue weighted by molar-refractivity contribution is 6.30. The summed E-state index contributed by atoms with van der Waals surface area (Å²) in [5.41, 5.74) is 3.96. The molecule has 0 aliphatic rings. The highest BCUT2D eigenvalue weighted by atomic mass is 35.5. The van der Waals surface area contributed by atoms with Crippen LogP contribution in [0.2, 0.25) is 5.02 Å². The van der Waals surface area contributed by atoms with Crippen LogP contribution in [0.3, 0.4) is 0 Å². The van der Waals surface area contributed by atoms with Crippen LogP contribution in [-0.2, 0) is 19.5 Å². The topological polar surface area (TPSA) is 50.8 Å². The molecule has 0 saturated heterocycles. The Kier molecular flexibility index (Phi) is 9.80. The first-order valence-electron chi connectivity index (χ1n) is 11.6. The van der Waals surface area contributed by atoms with Crippen molar-refractivity contribution in [1.82, 2.24) is 10.2 Å². The second-order valence-corrected chi connectivity index (χ2v) is 8.75. The molecule has 34 heavy (non-hydrogen) atoms. The highest BCUT2D eigenvalue weighted by Crippen LogP contribution is 2.24. The predicted octanol–water partition coefficient (Wildman–Crippen LogP) is 5.74. The molecule has 0 aromatic heterocycles. The Morgan fingerprint density at radius 2 is 1.71 bits per heavy atom. The van der Waals surface area contributed by atoms with Crippen molar-refractivity contribution in [2.45, 2.75) is 32.9 Å². The van der Waals surface area contributed by atoms with E-state index in [1.54, 1.807) is 7.11 Å². The third kappa shape index (κ3) is 7.79. The van der Waals surface area contributed by atoms with Gasteiger partial charge in [0.1, 0.15) is 11.5 Å². The Bertz CT molecular complexity index is 1050. The van der Waals surface area contributed by atoms with Gasteiger partial charge in [-0.3, -0.25) is 4.79 Å². The van der Waals surface area contributed by atoms with Crippen molar-refractivity contribution in [3.63, 3.8) is 0 Å². The molecular weight excluding hydrogens is 448 g/mol. The number of methoxy groups -OCH3 is 1. The lowest BCUT2D eigenvalue weighted by Crippen LogP contribution is -2.23. The molecule has 5 nitrogen and oxygen atoms in total. The molecule has 3 aromatic rings. The van der Waals surface area contributed by atoms with E-state index in [2.05, 4.69) is 24.2 Å². The van der Waals surface area contributed by atoms with Crippen molar-refractivity contribution in [2.75, 3.05) is 27.3 Å². The number of hydrogen-bond donors (Lipinski definition) is 1. The molecule has 0 aliphatic heterocycles. The van der Waals surface area contributed by atoms with E-state index in [9.17, 15) is 4.79 Å². The maximum Gasteiger partial charge on any atom is 0.251 e. The molecule has 0 saturated carbocycles. The first kappa shape index (κ1) is 25.6. The van der Waals surface area contributed by atoms with E-state index in [1.165, 1.54) is 5.56 Å². The van der Waals surface area contributed by atoms with E-state index in [-0.39, 0.29) is 5.91 Å². The maximum atomic E-state index is 12.5. The quantitative estimate of drug-likeness (QED) is 0.359. The van der Waals surface area contributed by atoms with Crippen LogP contribution in [0.25, 0.3) is 0 Å². The molecule has 0 unspecified atom stereocenters. The van der Waals surface area contributed by atoms with E-state index in [0.29, 0.717) is 23.7 Å². The van der Waals surface area contributed by atoms with Gasteiger partial charge in [-0.25, -0.2) is 0 Å². The third-order valence-electron chi connectivity index (χ3n) is 5.53. The number of ether oxygens (including phenoxy) is 2. The average molecular weight is 481 g/mol. The van der Waals surface area contributed by atoms with Crippen LogP contribution in [0.5, 0.6) is 11.5 Å². The van der Waals surface area contributed by atoms with Crippen molar-refractivity contribution in [1.29, 1.82) is 0 Å². The van der Waals surface area contributed by atoms with Gasteiger partial charge in [-0.05, 0) is 73.5 Å². The van der Waals surface area contributed by atoms with E-state index >= 15 is 0 Å². The zero-order valence-electron chi connectivity index (χ0n) is 20.1. The van der Waals surface area contributed by atoms with Crippen LogP contribution in [0.1, 0.15) is 40.4 Å². The van der Waals surface area contributed by atoms with Crippen LogP contribution in [0.15, 0.2) is 66.7 Å². The first-order chi connectivity index (χ1) is 16.5. The Morgan fingerprint density at radius 3 is 2.38 bits per heavy atom. The van der Waals surface area contributed by atoms with Gasteiger partial charge >= 0.3 is 0 Å². The van der Waals surface area contributed by atoms with Gasteiger partial charge < -0.3 is 19.7 Å². The standard InChI is InChI=1S/C28H33ClN2O3/c1-4-17-34-27-14-11-25(29)18-24(27)20-31(2)16-15-21-5-9-23(10-6-21)28(32)30-19-22-7-12-26(33-3)13-8-22/h5-14,18H,4,15-17,19-20H2,1-3H3,(H,30,32). The summed E-state index contributed by atoms with van der Waals surface area (Å²) >= 11 is 6.21. The summed E-state index contributed by atoms with van der Waals surface area (Å²) in [4.78, 5) is 14.7. The summed E-state index contributed by atoms with van der Waals surface area (Å²) in [6, 6.07) is 21.3. The van der Waals surface area contributed by atoms with Gasteiger partial charge in [0, 0.05) is 35.8 Å². The minimum atomic E-state index is -0.0833. The first-order valence-corrected chi connectivity index (χ1v) is 12.0. The molecule has 0 atom stereocenters. The molecule has 3 aromatic carbocycles. The van der Waals surface area contributed by atoms with Crippen LogP contribution >= 0.6 is 11.6 Å². The Labute approximate surface area is 207 Å². The van der Waals surface area contributed by atoms with Crippen molar-refractivity contribution in [2.24, 2.45) is 0 Å². The van der Waals surface area contributed by atoms with Crippen molar-refractivity contribution < 1.29 is 14.3 Å². The Hall–Kier alpha value is -3.02. The number of nitrogens with zero attached hydrogens (tertiary/aromatic N) is 1. The molecule has 0 bridgehead atoms. The monoisotopic (exact) mass is 480 g/mol. The molecule has 0 heterocycles. The minimum Gasteiger partial charge on any atom is -0.497 e. The summed E-state index contributed by atoms with van der Waals surface area (Å²) in [7, 11) is 3.72. The fourth-order valence-corrected chi connectivity index (χ4v) is 3.76. The van der Waals surface area contributed by atoms with E-state index < -0.39 is 0 Å². The molecule has 0 radical (unpaired) electrons. The number of likely N-dealkylation sites (N-methyl/N-ethyl adjacent to an activating group) is 1. The number of hydrogen-bond acceptors (Lipinski definition) is 4. The lowest BCUT2D eigenvalue weighted by atomic mass is 10.1. The zero-order valence-corrected chi connectivity index (χ0v) is 20.9. The van der Waals surface area contributed by atoms with Crippen LogP contribution in [-0.4, -0.2) is 38.1 Å². The molecule has 3 rings (SSSR count). The van der Waals surface area contributed by atoms with Gasteiger partial charge in [0.25, 0.3) is 5.91 Å². The molecule has 1 amide bonds. The summed E-state index contributed by atoms with van der Waals surface area (Å²) < 4.78 is 11.0. The Balaban J connectivity index is 1.48. The molecule has 0 aliphatic carbocycles. The van der Waals surface area contributed by atoms with Gasteiger partial charge in [-0.1, -0.05) is 42.8 Å². The number of nitrogens with one attached hydrogen (secondary N) is 1. The molecule has 0 fully saturated rings. The lowest BCUT2D eigenvalue weighted by Gasteiger charge is -2.19. The summed E-state index contributed by atoms with van der Waals surface area (Å²) in [6.07, 6.45) is 1.85. The number of benzene rings is 3. The smallest absolute Gasteiger partial charge is 0.251 e. The maximum absolute atomic E-state index is 12.5. The van der Waals surface area contributed by atoms with Gasteiger partial charge in [-0.2, -0.15) is 0 Å². The van der Waals surface area contributed by atoms with Gasteiger partial charge in [-0.15, -0.1) is 0 Å². The molecular formula is C28H33ClN2O3. The van der Waals surface area contributed by atoms with E-state index in [1.807, 2.05) is 66.7 Å². The summed E-state index contributed by atoms with van der Waals surface area (Å²) in [6.45, 7) is 4.90. The van der Waals surface area contributed by atoms with Crippen molar-refractivity contribution in [3.8, 4) is 11.5 Å². The zero-order chi connectivity index (χ0) is 24.3. The summed E-state index contributed by atoms with van der Waals surface area (Å²) in [5.74, 6) is 1.61. The number of carbonyl (C=O) groups is 1. The van der Waals surface area contributed by atoms with Gasteiger partial charge in [0.2, 0.25) is 0 Å². The minimum absolute atomic E-state index is 0.0833. The average Bonchev–Trinajstić information content (AvgIpc) is 2.86. The largest absolute Gasteiger partial charge is 0.497 e. The highest BCUT2D eigenvalue weighted by Gasteiger charge is 2.10. The molecule has 180 valence electrons. The number of carbonyl (C=O) groups excluding carboxylic acids is 1. The predicted molar refractivity (Wildman–Crippen MR) is 138 cm³/mol. The second kappa shape index (κ2) is 13.0. The van der Waals surface area contributed by atoms with Crippen molar-refractivity contribution in [3.05, 3.63) is 94.0 Å². The van der Waals surface area contributed by atoms with Crippen LogP contribution < -0.4 is 14.8 Å². The molecule has 6 heteroatoms. The molecule has 1 N–H and O–H groups in total. The SMILES string of the molecule is CCCOc1ccc(Cl)cc1CN(C)CCc1ccc(C(=O)NCc2ccc(OC)cc2)cc1. The number of rotatable bonds is 12. The van der Waals surface area contributed by atoms with Crippen LogP contribution in [0.4, 0.5) is 0 Å². The van der Waals surface area contributed by atoms with Gasteiger partial charge in [0.05, 0.1) is 13.7 Å². The number of halogens is 1. The van der Waals surface area contributed by atoms with E-state index in [0.717, 1.165) is 48.6 Å². The number of amides is 1. The molecule has 0 spiro atoms. The fraction of sp³-hybridized carbons (Fsp3) is 0.321. The third-order valence-corrected chi connectivity index (χ3v) is 5.77. The Morgan fingerprint density at radius 1 is 1.00 bits per heavy atom. The van der Waals surface area contributed by atoms with Gasteiger partial charge in [0.15, 0.2) is 0 Å². The second-order valence-electron chi connectivity index (χ2n) is 8.32. The fourth-order valence-electron chi connectivity index (χ4n) is 3.56. The van der Waals surface area contributed by atoms with Crippen molar-refractivity contribution >= 4 is 17.5 Å². The normalized spacial score (nSPS) is 10.9. The van der Waals surface area contributed by atoms with E-state index in [4.69, 9.17) is 21.1 Å². The summed E-state index contributed by atoms with van der Waals surface area (Å²) in [5, 5.41) is 3.68. The lowest BCUT2D eigenvalue weighted by molar-refractivity contribution is 0.0951.